The average molecular weight is 263 g/mol. The van der Waals surface area contributed by atoms with Gasteiger partial charge in [0.1, 0.15) is 0 Å². The number of nitrogens with zero attached hydrogens (tertiary/aromatic N) is 1. The zero-order valence-electron chi connectivity index (χ0n) is 11.3. The number of hydrogen-bond donors (Lipinski definition) is 0. The molecule has 0 N–H and O–H groups in total. The molecule has 1 aromatic heterocycles. The van der Waals surface area contributed by atoms with E-state index < -0.39 is 0 Å². The van der Waals surface area contributed by atoms with Crippen LogP contribution in [0.1, 0.15) is 23.2 Å². The van der Waals surface area contributed by atoms with E-state index in [0.29, 0.717) is 6.42 Å². The lowest BCUT2D eigenvalue weighted by Gasteiger charge is -2.05. The van der Waals surface area contributed by atoms with Crippen molar-refractivity contribution in [3.05, 3.63) is 72.4 Å². The van der Waals surface area contributed by atoms with Crippen molar-refractivity contribution in [2.75, 3.05) is 0 Å². The minimum atomic E-state index is 0.224. The SMILES string of the molecule is O=C(CCCn1ccc2ccccc21)c1ccccc1. The molecule has 0 unspecified atom stereocenters. The summed E-state index contributed by atoms with van der Waals surface area (Å²) in [6, 6.07) is 20.0. The maximum atomic E-state index is 12.0. The van der Waals surface area contributed by atoms with Crippen LogP contribution in [-0.2, 0) is 6.54 Å². The Morgan fingerprint density at radius 3 is 2.50 bits per heavy atom. The molecule has 3 rings (SSSR count). The van der Waals surface area contributed by atoms with Crippen LogP contribution in [0.5, 0.6) is 0 Å². The lowest BCUT2D eigenvalue weighted by molar-refractivity contribution is 0.0978. The molecule has 0 atom stereocenters. The van der Waals surface area contributed by atoms with Gasteiger partial charge in [-0.3, -0.25) is 4.79 Å². The first kappa shape index (κ1) is 12.7. The Hall–Kier alpha value is -2.35. The van der Waals surface area contributed by atoms with Gasteiger partial charge in [0, 0.05) is 30.2 Å². The Labute approximate surface area is 118 Å². The number of carbonyl (C=O) groups is 1. The third kappa shape index (κ3) is 2.64. The predicted octanol–water partition coefficient (Wildman–Crippen LogP) is 4.30. The van der Waals surface area contributed by atoms with Crippen LogP contribution in [0.15, 0.2) is 66.9 Å². The van der Waals surface area contributed by atoms with E-state index >= 15 is 0 Å². The molecule has 2 heteroatoms. The zero-order valence-corrected chi connectivity index (χ0v) is 11.3. The number of ketones is 1. The van der Waals surface area contributed by atoms with Crippen LogP contribution in [0.25, 0.3) is 10.9 Å². The number of aryl methyl sites for hydroxylation is 1. The topological polar surface area (TPSA) is 22.0 Å². The zero-order chi connectivity index (χ0) is 13.8. The lowest BCUT2D eigenvalue weighted by atomic mass is 10.1. The van der Waals surface area contributed by atoms with Crippen molar-refractivity contribution in [2.24, 2.45) is 0 Å². The van der Waals surface area contributed by atoms with Gasteiger partial charge in [-0.15, -0.1) is 0 Å². The van der Waals surface area contributed by atoms with Gasteiger partial charge in [0.25, 0.3) is 0 Å². The number of rotatable bonds is 5. The summed E-state index contributed by atoms with van der Waals surface area (Å²) < 4.78 is 2.22. The first-order valence-corrected chi connectivity index (χ1v) is 6.97. The summed E-state index contributed by atoms with van der Waals surface area (Å²) in [5.74, 6) is 0.224. The van der Waals surface area contributed by atoms with Crippen LogP contribution in [-0.4, -0.2) is 10.4 Å². The molecular formula is C18H17NO. The van der Waals surface area contributed by atoms with E-state index in [-0.39, 0.29) is 5.78 Å². The molecule has 1 heterocycles. The van der Waals surface area contributed by atoms with Gasteiger partial charge in [-0.05, 0) is 23.9 Å². The van der Waals surface area contributed by atoms with Gasteiger partial charge in [0.05, 0.1) is 0 Å². The minimum Gasteiger partial charge on any atom is -0.347 e. The molecule has 20 heavy (non-hydrogen) atoms. The van der Waals surface area contributed by atoms with E-state index in [0.717, 1.165) is 18.5 Å². The normalized spacial score (nSPS) is 10.8. The van der Waals surface area contributed by atoms with Crippen LogP contribution < -0.4 is 0 Å². The molecule has 0 bridgehead atoms. The second-order valence-corrected chi connectivity index (χ2v) is 4.96. The Bertz CT molecular complexity index is 712. The molecule has 3 aromatic rings. The van der Waals surface area contributed by atoms with Crippen molar-refractivity contribution < 1.29 is 4.79 Å². The van der Waals surface area contributed by atoms with E-state index in [1.165, 1.54) is 10.9 Å². The van der Waals surface area contributed by atoms with E-state index in [1.807, 2.05) is 42.5 Å². The van der Waals surface area contributed by atoms with Gasteiger partial charge in [-0.2, -0.15) is 0 Å². The van der Waals surface area contributed by atoms with Crippen LogP contribution in [0.2, 0.25) is 0 Å². The molecule has 2 nitrogen and oxygen atoms in total. The molecule has 0 saturated carbocycles. The highest BCUT2D eigenvalue weighted by Gasteiger charge is 2.05. The third-order valence-corrected chi connectivity index (χ3v) is 3.58. The average Bonchev–Trinajstić information content (AvgIpc) is 2.92. The molecule has 2 aromatic carbocycles. The van der Waals surface area contributed by atoms with E-state index in [1.54, 1.807) is 0 Å². The predicted molar refractivity (Wildman–Crippen MR) is 81.9 cm³/mol. The number of hydrogen-bond acceptors (Lipinski definition) is 1. The van der Waals surface area contributed by atoms with Crippen molar-refractivity contribution in [2.45, 2.75) is 19.4 Å². The summed E-state index contributed by atoms with van der Waals surface area (Å²) >= 11 is 0. The number of Topliss-reactive ketones (excluding diaryl/α,β-unsaturated/α-hetero) is 1. The van der Waals surface area contributed by atoms with Crippen LogP contribution in [0.3, 0.4) is 0 Å². The summed E-state index contributed by atoms with van der Waals surface area (Å²) in [4.78, 5) is 12.0. The van der Waals surface area contributed by atoms with E-state index in [4.69, 9.17) is 0 Å². The number of fused-ring (bicyclic) bond motifs is 1. The summed E-state index contributed by atoms with van der Waals surface area (Å²) in [5.41, 5.74) is 2.05. The second-order valence-electron chi connectivity index (χ2n) is 4.96. The molecule has 0 aliphatic heterocycles. The van der Waals surface area contributed by atoms with E-state index in [9.17, 15) is 4.79 Å². The van der Waals surface area contributed by atoms with Crippen molar-refractivity contribution in [3.63, 3.8) is 0 Å². The van der Waals surface area contributed by atoms with Gasteiger partial charge in [0.2, 0.25) is 0 Å². The van der Waals surface area contributed by atoms with Crippen molar-refractivity contribution in [1.82, 2.24) is 4.57 Å². The van der Waals surface area contributed by atoms with Gasteiger partial charge in [-0.1, -0.05) is 48.5 Å². The molecule has 0 spiro atoms. The van der Waals surface area contributed by atoms with Crippen molar-refractivity contribution in [3.8, 4) is 0 Å². The molecule has 0 saturated heterocycles. The Kier molecular flexibility index (Phi) is 3.64. The highest BCUT2D eigenvalue weighted by molar-refractivity contribution is 5.95. The number of carbonyl (C=O) groups excluding carboxylic acids is 1. The lowest BCUT2D eigenvalue weighted by Crippen LogP contribution is -2.02. The molecule has 0 radical (unpaired) electrons. The molecule has 0 amide bonds. The fourth-order valence-corrected chi connectivity index (χ4v) is 2.51. The first-order valence-electron chi connectivity index (χ1n) is 6.97. The monoisotopic (exact) mass is 263 g/mol. The van der Waals surface area contributed by atoms with Crippen molar-refractivity contribution in [1.29, 1.82) is 0 Å². The fraction of sp³-hybridized carbons (Fsp3) is 0.167. The van der Waals surface area contributed by atoms with Crippen molar-refractivity contribution >= 4 is 16.7 Å². The molecular weight excluding hydrogens is 246 g/mol. The Morgan fingerprint density at radius 1 is 0.900 bits per heavy atom. The molecule has 0 fully saturated rings. The Morgan fingerprint density at radius 2 is 1.65 bits per heavy atom. The largest absolute Gasteiger partial charge is 0.347 e. The summed E-state index contributed by atoms with van der Waals surface area (Å²) in [6.07, 6.45) is 3.56. The number of aromatic nitrogens is 1. The maximum absolute atomic E-state index is 12.0. The summed E-state index contributed by atoms with van der Waals surface area (Å²) in [6.45, 7) is 0.881. The first-order chi connectivity index (χ1) is 9.84. The standard InChI is InChI=1S/C18H17NO/c20-18(16-8-2-1-3-9-16)11-6-13-19-14-12-15-7-4-5-10-17(15)19/h1-5,7-10,12,14H,6,11,13H2. The fourth-order valence-electron chi connectivity index (χ4n) is 2.51. The van der Waals surface area contributed by atoms with Crippen LogP contribution in [0, 0.1) is 0 Å². The van der Waals surface area contributed by atoms with Gasteiger partial charge in [0.15, 0.2) is 5.78 Å². The van der Waals surface area contributed by atoms with Crippen LogP contribution >= 0.6 is 0 Å². The number of para-hydroxylation sites is 1. The van der Waals surface area contributed by atoms with Gasteiger partial charge in [-0.25, -0.2) is 0 Å². The van der Waals surface area contributed by atoms with Crippen LogP contribution in [0.4, 0.5) is 0 Å². The maximum Gasteiger partial charge on any atom is 0.162 e. The highest BCUT2D eigenvalue weighted by atomic mass is 16.1. The van der Waals surface area contributed by atoms with Gasteiger partial charge >= 0.3 is 0 Å². The van der Waals surface area contributed by atoms with E-state index in [2.05, 4.69) is 29.0 Å². The second kappa shape index (κ2) is 5.74. The molecule has 0 aliphatic rings. The van der Waals surface area contributed by atoms with Gasteiger partial charge < -0.3 is 4.57 Å². The minimum absolute atomic E-state index is 0.224. The third-order valence-electron chi connectivity index (χ3n) is 3.58. The summed E-state index contributed by atoms with van der Waals surface area (Å²) in [5, 5.41) is 1.25. The highest BCUT2D eigenvalue weighted by Crippen LogP contribution is 2.16. The Balaban J connectivity index is 1.62. The summed E-state index contributed by atoms with van der Waals surface area (Å²) in [7, 11) is 0. The smallest absolute Gasteiger partial charge is 0.162 e. The quantitative estimate of drug-likeness (QED) is 0.629. The molecule has 100 valence electrons. The molecule has 0 aliphatic carbocycles. The number of benzene rings is 2.